The zero-order chi connectivity index (χ0) is 18.8. The average molecular weight is 488 g/mol. The van der Waals surface area contributed by atoms with Crippen molar-refractivity contribution in [3.63, 3.8) is 0 Å². The summed E-state index contributed by atoms with van der Waals surface area (Å²) in [4.78, 5) is 7.16. The lowest BCUT2D eigenvalue weighted by atomic mass is 9.98. The van der Waals surface area contributed by atoms with Crippen LogP contribution in [0, 0.1) is 0 Å². The van der Waals surface area contributed by atoms with Crippen molar-refractivity contribution in [2.45, 2.75) is 64.6 Å². The fraction of sp³-hybridized carbons (Fsp3) is 0.667. The van der Waals surface area contributed by atoms with Crippen LogP contribution in [0.5, 0.6) is 0 Å². The molecule has 1 aromatic rings. The summed E-state index contributed by atoms with van der Waals surface area (Å²) in [5.74, 6) is 0.828. The third-order valence-corrected chi connectivity index (χ3v) is 5.37. The number of guanidine groups is 1. The van der Waals surface area contributed by atoms with Gasteiger partial charge in [0.15, 0.2) is 5.96 Å². The summed E-state index contributed by atoms with van der Waals surface area (Å²) in [5.41, 5.74) is 0.689. The minimum atomic E-state index is -0.693. The lowest BCUT2D eigenvalue weighted by Crippen LogP contribution is -2.49. The van der Waals surface area contributed by atoms with E-state index in [0.29, 0.717) is 12.6 Å². The van der Waals surface area contributed by atoms with Gasteiger partial charge >= 0.3 is 0 Å². The average Bonchev–Trinajstić information content (AvgIpc) is 2.68. The van der Waals surface area contributed by atoms with E-state index in [-0.39, 0.29) is 24.0 Å². The summed E-state index contributed by atoms with van der Waals surface area (Å²) >= 11 is 0. The van der Waals surface area contributed by atoms with Gasteiger partial charge in [0.2, 0.25) is 0 Å². The van der Waals surface area contributed by atoms with E-state index in [1.54, 1.807) is 0 Å². The van der Waals surface area contributed by atoms with Crippen molar-refractivity contribution in [3.05, 3.63) is 35.9 Å². The maximum Gasteiger partial charge on any atom is 0.191 e. The molecule has 1 aromatic carbocycles. The highest BCUT2D eigenvalue weighted by Crippen LogP contribution is 2.16. The van der Waals surface area contributed by atoms with E-state index in [4.69, 9.17) is 0 Å². The molecule has 0 atom stereocenters. The molecule has 5 nitrogen and oxygen atoms in total. The largest absolute Gasteiger partial charge is 0.388 e. The van der Waals surface area contributed by atoms with Crippen molar-refractivity contribution >= 4 is 29.9 Å². The Morgan fingerprint density at radius 2 is 1.78 bits per heavy atom. The van der Waals surface area contributed by atoms with E-state index >= 15 is 0 Å². The van der Waals surface area contributed by atoms with Gasteiger partial charge in [0, 0.05) is 32.2 Å². The first-order valence-electron chi connectivity index (χ1n) is 10.1. The number of piperidine rings is 1. The van der Waals surface area contributed by atoms with Gasteiger partial charge in [0.25, 0.3) is 0 Å². The maximum absolute atomic E-state index is 10.5. The first-order valence-corrected chi connectivity index (χ1v) is 10.1. The van der Waals surface area contributed by atoms with E-state index in [1.807, 2.05) is 13.8 Å². The zero-order valence-corrected chi connectivity index (χ0v) is 19.4. The monoisotopic (exact) mass is 488 g/mol. The number of hydrogen-bond acceptors (Lipinski definition) is 3. The number of nitrogens with zero attached hydrogens (tertiary/aromatic N) is 2. The Morgan fingerprint density at radius 3 is 2.33 bits per heavy atom. The van der Waals surface area contributed by atoms with Gasteiger partial charge in [-0.2, -0.15) is 0 Å². The SMILES string of the molecule is CCNC(=NCC(O)(CC)CC)NC1CCN(Cc2ccccc2)CC1.I. The van der Waals surface area contributed by atoms with Crippen LogP contribution in [-0.2, 0) is 6.54 Å². The molecule has 0 unspecified atom stereocenters. The number of hydrogen-bond donors (Lipinski definition) is 3. The molecule has 3 N–H and O–H groups in total. The highest BCUT2D eigenvalue weighted by molar-refractivity contribution is 14.0. The molecule has 6 heteroatoms. The van der Waals surface area contributed by atoms with Crippen molar-refractivity contribution in [3.8, 4) is 0 Å². The fourth-order valence-electron chi connectivity index (χ4n) is 3.29. The number of aliphatic imine (C=N–C) groups is 1. The molecular formula is C21H37IN4O. The van der Waals surface area contributed by atoms with E-state index in [1.165, 1.54) is 5.56 Å². The highest BCUT2D eigenvalue weighted by Gasteiger charge is 2.23. The first kappa shape index (κ1) is 24.2. The summed E-state index contributed by atoms with van der Waals surface area (Å²) in [6.07, 6.45) is 3.68. The van der Waals surface area contributed by atoms with Gasteiger partial charge in [-0.15, -0.1) is 24.0 Å². The Kier molecular flexibility index (Phi) is 11.3. The Bertz CT molecular complexity index is 540. The molecule has 0 bridgehead atoms. The molecule has 1 heterocycles. The zero-order valence-electron chi connectivity index (χ0n) is 17.1. The summed E-state index contributed by atoms with van der Waals surface area (Å²) < 4.78 is 0. The molecule has 0 aliphatic carbocycles. The lowest BCUT2D eigenvalue weighted by molar-refractivity contribution is 0.0417. The standard InChI is InChI=1S/C21H36N4O.HI/c1-4-21(26,5-2)17-23-20(22-6-3)24-19-12-14-25(15-13-19)16-18-10-8-7-9-11-18;/h7-11,19,26H,4-6,12-17H2,1-3H3,(H2,22,23,24);1H. The third kappa shape index (κ3) is 8.35. The molecule has 2 rings (SSSR count). The van der Waals surface area contributed by atoms with Crippen molar-refractivity contribution in [2.75, 3.05) is 26.2 Å². The van der Waals surface area contributed by atoms with Gasteiger partial charge in [0.1, 0.15) is 0 Å². The molecule has 0 radical (unpaired) electrons. The van der Waals surface area contributed by atoms with E-state index in [2.05, 4.69) is 57.8 Å². The van der Waals surface area contributed by atoms with E-state index in [9.17, 15) is 5.11 Å². The van der Waals surface area contributed by atoms with E-state index in [0.717, 1.165) is 57.8 Å². The molecule has 1 fully saturated rings. The Labute approximate surface area is 182 Å². The number of benzene rings is 1. The van der Waals surface area contributed by atoms with E-state index < -0.39 is 5.60 Å². The smallest absolute Gasteiger partial charge is 0.191 e. The number of halogens is 1. The van der Waals surface area contributed by atoms with Crippen molar-refractivity contribution in [2.24, 2.45) is 4.99 Å². The molecular weight excluding hydrogens is 451 g/mol. The Hall–Kier alpha value is -0.860. The molecule has 0 amide bonds. The number of aliphatic hydroxyl groups is 1. The molecule has 0 saturated carbocycles. The van der Waals surface area contributed by atoms with Gasteiger partial charge in [-0.05, 0) is 38.2 Å². The van der Waals surface area contributed by atoms with Gasteiger partial charge in [-0.1, -0.05) is 44.2 Å². The second kappa shape index (κ2) is 12.6. The third-order valence-electron chi connectivity index (χ3n) is 5.37. The second-order valence-corrected chi connectivity index (χ2v) is 7.31. The molecule has 0 spiro atoms. The predicted octanol–water partition coefficient (Wildman–Crippen LogP) is 3.38. The van der Waals surface area contributed by atoms with Crippen LogP contribution in [0.4, 0.5) is 0 Å². The summed E-state index contributed by atoms with van der Waals surface area (Å²) in [6, 6.07) is 11.1. The van der Waals surface area contributed by atoms with Crippen LogP contribution in [0.3, 0.4) is 0 Å². The fourth-order valence-corrected chi connectivity index (χ4v) is 3.29. The minimum Gasteiger partial charge on any atom is -0.388 e. The molecule has 1 aliphatic rings. The normalized spacial score (nSPS) is 16.7. The second-order valence-electron chi connectivity index (χ2n) is 7.31. The predicted molar refractivity (Wildman–Crippen MR) is 125 cm³/mol. The molecule has 27 heavy (non-hydrogen) atoms. The van der Waals surface area contributed by atoms with Gasteiger partial charge in [-0.3, -0.25) is 9.89 Å². The van der Waals surface area contributed by atoms with Crippen LogP contribution < -0.4 is 10.6 Å². The van der Waals surface area contributed by atoms with Crippen LogP contribution in [0.2, 0.25) is 0 Å². The van der Waals surface area contributed by atoms with Crippen LogP contribution in [0.25, 0.3) is 0 Å². The van der Waals surface area contributed by atoms with Crippen LogP contribution >= 0.6 is 24.0 Å². The van der Waals surface area contributed by atoms with Crippen molar-refractivity contribution < 1.29 is 5.11 Å². The lowest BCUT2D eigenvalue weighted by Gasteiger charge is -2.33. The Morgan fingerprint density at radius 1 is 1.15 bits per heavy atom. The minimum absolute atomic E-state index is 0. The van der Waals surface area contributed by atoms with Crippen LogP contribution in [0.15, 0.2) is 35.3 Å². The number of nitrogens with one attached hydrogen (secondary N) is 2. The van der Waals surface area contributed by atoms with Gasteiger partial charge in [-0.25, -0.2) is 0 Å². The first-order chi connectivity index (χ1) is 12.6. The summed E-state index contributed by atoms with van der Waals surface area (Å²) in [6.45, 7) is 10.6. The van der Waals surface area contributed by atoms with Crippen molar-refractivity contribution in [1.29, 1.82) is 0 Å². The quantitative estimate of drug-likeness (QED) is 0.299. The molecule has 1 saturated heterocycles. The topological polar surface area (TPSA) is 59.9 Å². The van der Waals surface area contributed by atoms with Gasteiger partial charge in [0.05, 0.1) is 12.1 Å². The van der Waals surface area contributed by atoms with Crippen molar-refractivity contribution in [1.82, 2.24) is 15.5 Å². The Balaban J connectivity index is 0.00000364. The van der Waals surface area contributed by atoms with Crippen LogP contribution in [0.1, 0.15) is 52.0 Å². The summed E-state index contributed by atoms with van der Waals surface area (Å²) in [7, 11) is 0. The van der Waals surface area contributed by atoms with Gasteiger partial charge < -0.3 is 15.7 Å². The molecule has 0 aromatic heterocycles. The number of likely N-dealkylation sites (tertiary alicyclic amines) is 1. The maximum atomic E-state index is 10.5. The number of rotatable bonds is 8. The summed E-state index contributed by atoms with van der Waals surface area (Å²) in [5, 5.41) is 17.3. The molecule has 1 aliphatic heterocycles. The molecule has 154 valence electrons. The highest BCUT2D eigenvalue weighted by atomic mass is 127. The van der Waals surface area contributed by atoms with Crippen LogP contribution in [-0.4, -0.2) is 53.8 Å².